The summed E-state index contributed by atoms with van der Waals surface area (Å²) in [6.45, 7) is 1.46. The fraction of sp³-hybridized carbons (Fsp3) is 0.304. The van der Waals surface area contributed by atoms with Crippen LogP contribution in [-0.2, 0) is 25.5 Å². The van der Waals surface area contributed by atoms with E-state index < -0.39 is 18.4 Å². The zero-order valence-electron chi connectivity index (χ0n) is 17.3. The molecule has 2 aromatic carbocycles. The zero-order chi connectivity index (χ0) is 21.9. The topological polar surface area (TPSA) is 95.8 Å². The van der Waals surface area contributed by atoms with Crippen LogP contribution in [0.15, 0.2) is 60.8 Å². The minimum absolute atomic E-state index is 0.0301. The normalized spacial score (nSPS) is 17.9. The van der Waals surface area contributed by atoms with E-state index in [1.165, 1.54) is 0 Å². The summed E-state index contributed by atoms with van der Waals surface area (Å²) in [4.78, 5) is 27.0. The summed E-state index contributed by atoms with van der Waals surface area (Å²) in [5.74, 6) is -0.592. The van der Waals surface area contributed by atoms with Gasteiger partial charge in [-0.2, -0.15) is 0 Å². The third kappa shape index (κ3) is 4.25. The number of cyclic esters (lactones) is 1. The Hall–Kier alpha value is -3.56. The number of ether oxygens (including phenoxy) is 3. The number of rotatable bonds is 7. The Morgan fingerprint density at radius 2 is 1.81 bits per heavy atom. The first-order valence-electron chi connectivity index (χ1n) is 10.4. The highest BCUT2D eigenvalue weighted by Gasteiger charge is 2.34. The highest BCUT2D eigenvalue weighted by Crippen LogP contribution is 2.33. The molecule has 1 aromatic heterocycles. The molecule has 9 heteroatoms. The van der Waals surface area contributed by atoms with E-state index in [1.54, 1.807) is 27.9 Å². The monoisotopic (exact) mass is 434 g/mol. The Kier molecular flexibility index (Phi) is 5.66. The second-order valence-corrected chi connectivity index (χ2v) is 7.62. The minimum Gasteiger partial charge on any atom is -0.453 e. The molecule has 0 N–H and O–H groups in total. The Balaban J connectivity index is 1.32. The molecule has 0 aliphatic carbocycles. The second kappa shape index (κ2) is 8.89. The summed E-state index contributed by atoms with van der Waals surface area (Å²) in [5, 5.41) is 8.39. The van der Waals surface area contributed by atoms with Gasteiger partial charge in [0.15, 0.2) is 6.29 Å². The molecule has 0 bridgehead atoms. The fourth-order valence-corrected chi connectivity index (χ4v) is 3.88. The molecule has 164 valence electrons. The van der Waals surface area contributed by atoms with Gasteiger partial charge in [0.1, 0.15) is 11.8 Å². The van der Waals surface area contributed by atoms with E-state index in [1.807, 2.05) is 42.5 Å². The van der Waals surface area contributed by atoms with Crippen LogP contribution < -0.4 is 0 Å². The average molecular weight is 434 g/mol. The van der Waals surface area contributed by atoms with Crippen molar-refractivity contribution >= 4 is 11.9 Å². The predicted octanol–water partition coefficient (Wildman–Crippen LogP) is 2.27. The van der Waals surface area contributed by atoms with Gasteiger partial charge in [-0.1, -0.05) is 41.6 Å². The van der Waals surface area contributed by atoms with E-state index in [9.17, 15) is 9.59 Å². The van der Waals surface area contributed by atoms with Crippen molar-refractivity contribution in [3.05, 3.63) is 77.6 Å². The molecule has 2 aliphatic rings. The molecule has 5 rings (SSSR count). The first kappa shape index (κ1) is 20.3. The Morgan fingerprint density at radius 1 is 1.06 bits per heavy atom. The lowest BCUT2D eigenvalue weighted by Crippen LogP contribution is -2.38. The summed E-state index contributed by atoms with van der Waals surface area (Å²) in [6, 6.07) is 16.8. The van der Waals surface area contributed by atoms with Crippen molar-refractivity contribution in [3.63, 3.8) is 0 Å². The maximum Gasteiger partial charge on any atom is 0.339 e. The van der Waals surface area contributed by atoms with Gasteiger partial charge in [0.25, 0.3) is 0 Å². The summed E-state index contributed by atoms with van der Waals surface area (Å²) in [7, 11) is 0. The molecule has 3 heterocycles. The third-order valence-electron chi connectivity index (χ3n) is 5.46. The molecule has 32 heavy (non-hydrogen) atoms. The largest absolute Gasteiger partial charge is 0.453 e. The van der Waals surface area contributed by atoms with Gasteiger partial charge in [0.2, 0.25) is 5.91 Å². The Morgan fingerprint density at radius 3 is 2.62 bits per heavy atom. The number of para-hydroxylation sites is 1. The first-order chi connectivity index (χ1) is 15.7. The number of esters is 1. The van der Waals surface area contributed by atoms with Crippen LogP contribution in [0.25, 0.3) is 5.69 Å². The lowest BCUT2D eigenvalue weighted by molar-refractivity contribution is -0.140. The summed E-state index contributed by atoms with van der Waals surface area (Å²) >= 11 is 0. The first-order valence-corrected chi connectivity index (χ1v) is 10.4. The molecule has 0 spiro atoms. The lowest BCUT2D eigenvalue weighted by atomic mass is 10.0. The number of hydrogen-bond acceptors (Lipinski definition) is 7. The van der Waals surface area contributed by atoms with Crippen LogP contribution in [0.1, 0.15) is 34.1 Å². The smallest absolute Gasteiger partial charge is 0.339 e. The van der Waals surface area contributed by atoms with Gasteiger partial charge in [0, 0.05) is 5.56 Å². The number of benzene rings is 2. The van der Waals surface area contributed by atoms with Gasteiger partial charge >= 0.3 is 5.97 Å². The number of hydrogen-bond donors (Lipinski definition) is 0. The van der Waals surface area contributed by atoms with E-state index >= 15 is 0 Å². The van der Waals surface area contributed by atoms with Gasteiger partial charge in [-0.25, -0.2) is 9.48 Å². The Bertz CT molecular complexity index is 1110. The van der Waals surface area contributed by atoms with Gasteiger partial charge in [0.05, 0.1) is 50.2 Å². The van der Waals surface area contributed by atoms with Gasteiger partial charge in [-0.05, 0) is 18.2 Å². The van der Waals surface area contributed by atoms with Gasteiger partial charge < -0.3 is 19.1 Å². The molecule has 1 fully saturated rings. The van der Waals surface area contributed by atoms with Crippen molar-refractivity contribution in [1.29, 1.82) is 0 Å². The zero-order valence-corrected chi connectivity index (χ0v) is 17.3. The molecular weight excluding hydrogens is 412 g/mol. The molecule has 3 aromatic rings. The predicted molar refractivity (Wildman–Crippen MR) is 112 cm³/mol. The van der Waals surface area contributed by atoms with Crippen molar-refractivity contribution in [2.45, 2.75) is 25.4 Å². The highest BCUT2D eigenvalue weighted by atomic mass is 16.7. The quantitative estimate of drug-likeness (QED) is 0.527. The van der Waals surface area contributed by atoms with Crippen LogP contribution in [0, 0.1) is 0 Å². The summed E-state index contributed by atoms with van der Waals surface area (Å²) in [5.41, 5.74) is 2.74. The molecule has 1 atom stereocenters. The standard InChI is InChI=1S/C23H22N4O5/c28-21(12-20-18-8-4-5-9-19(18)23(29)32-20)26(15-22-30-10-11-31-22)13-16-14-27(25-24-16)17-6-2-1-3-7-17/h1-9,14,20,22H,10-13,15H2. The molecular formula is C23H22N4O5. The van der Waals surface area contributed by atoms with Crippen LogP contribution in [0.3, 0.4) is 0 Å². The Labute approximate surface area is 184 Å². The number of aromatic nitrogens is 3. The molecule has 9 nitrogen and oxygen atoms in total. The number of nitrogens with zero attached hydrogens (tertiary/aromatic N) is 4. The van der Waals surface area contributed by atoms with E-state index in [4.69, 9.17) is 14.2 Å². The van der Waals surface area contributed by atoms with Crippen molar-refractivity contribution in [1.82, 2.24) is 19.9 Å². The van der Waals surface area contributed by atoms with Crippen molar-refractivity contribution in [2.75, 3.05) is 19.8 Å². The molecule has 2 aliphatic heterocycles. The highest BCUT2D eigenvalue weighted by molar-refractivity contribution is 5.94. The SMILES string of the molecule is O=C1OC(CC(=O)N(Cc2cn(-c3ccccc3)nn2)CC2OCCO2)c2ccccc21. The van der Waals surface area contributed by atoms with Crippen molar-refractivity contribution < 1.29 is 23.8 Å². The van der Waals surface area contributed by atoms with Gasteiger partial charge in [-0.15, -0.1) is 5.10 Å². The minimum atomic E-state index is -0.612. The van der Waals surface area contributed by atoms with Crippen molar-refractivity contribution in [2.24, 2.45) is 0 Å². The number of amides is 1. The third-order valence-corrected chi connectivity index (χ3v) is 5.46. The van der Waals surface area contributed by atoms with Gasteiger partial charge in [-0.3, -0.25) is 4.79 Å². The maximum absolute atomic E-state index is 13.3. The number of carbonyl (C=O) groups excluding carboxylic acids is 2. The average Bonchev–Trinajstić information content (AvgIpc) is 3.56. The fourth-order valence-electron chi connectivity index (χ4n) is 3.88. The number of fused-ring (bicyclic) bond motifs is 1. The second-order valence-electron chi connectivity index (χ2n) is 7.62. The van der Waals surface area contributed by atoms with Crippen LogP contribution >= 0.6 is 0 Å². The molecule has 0 saturated carbocycles. The summed E-state index contributed by atoms with van der Waals surface area (Å²) in [6.07, 6.45) is 0.708. The van der Waals surface area contributed by atoms with Crippen LogP contribution in [0.2, 0.25) is 0 Å². The van der Waals surface area contributed by atoms with Crippen LogP contribution in [0.4, 0.5) is 0 Å². The molecule has 1 unspecified atom stereocenters. The van der Waals surface area contributed by atoms with E-state index in [-0.39, 0.29) is 25.4 Å². The maximum atomic E-state index is 13.3. The summed E-state index contributed by atoms with van der Waals surface area (Å²) < 4.78 is 18.2. The van der Waals surface area contributed by atoms with Crippen molar-refractivity contribution in [3.8, 4) is 5.69 Å². The van der Waals surface area contributed by atoms with E-state index in [2.05, 4.69) is 10.3 Å². The molecule has 1 amide bonds. The van der Waals surface area contributed by atoms with E-state index in [0.29, 0.717) is 24.5 Å². The van der Waals surface area contributed by atoms with E-state index in [0.717, 1.165) is 11.3 Å². The van der Waals surface area contributed by atoms with Crippen LogP contribution in [0.5, 0.6) is 0 Å². The van der Waals surface area contributed by atoms with Crippen LogP contribution in [-0.4, -0.2) is 57.8 Å². The number of carbonyl (C=O) groups is 2. The molecule has 1 saturated heterocycles. The molecule has 0 radical (unpaired) electrons. The lowest BCUT2D eigenvalue weighted by Gasteiger charge is -2.25.